The third-order valence-electron chi connectivity index (χ3n) is 12.3. The molecule has 4 nitrogen and oxygen atoms in total. The topological polar surface area (TPSA) is 55.1 Å². The summed E-state index contributed by atoms with van der Waals surface area (Å²) in [5, 5.41) is 11.6. The van der Waals surface area contributed by atoms with Crippen LogP contribution in [0.15, 0.2) is 23.0 Å². The third kappa shape index (κ3) is 2.93. The van der Waals surface area contributed by atoms with Gasteiger partial charge in [0.1, 0.15) is 11.7 Å². The first kappa shape index (κ1) is 23.8. The van der Waals surface area contributed by atoms with Gasteiger partial charge >= 0.3 is 0 Å². The molecule has 190 valence electrons. The van der Waals surface area contributed by atoms with Crippen LogP contribution in [0.3, 0.4) is 0 Å². The molecule has 10 atom stereocenters. The molecule has 1 aliphatic heterocycles. The summed E-state index contributed by atoms with van der Waals surface area (Å²) in [6, 6.07) is 2.06. The van der Waals surface area contributed by atoms with Crippen molar-refractivity contribution in [2.45, 2.75) is 128 Å². The molecule has 0 unspecified atom stereocenters. The molecule has 6 rings (SSSR count). The predicted octanol–water partition coefficient (Wildman–Crippen LogP) is 6.90. The van der Waals surface area contributed by atoms with Gasteiger partial charge in [-0.2, -0.15) is 0 Å². The maximum absolute atomic E-state index is 11.4. The molecule has 1 spiro atoms. The SMILES string of the molecule is CC(C)(C)[Si](C)(C)O[C@H]1CC[C@@]2(C)[C@H](CC[C@@H]3[C@@H]2CC[C@]2(C)[C@@H](c4ccoc4)[C@@H](O)[C@H]4O[C@]342)C1. The van der Waals surface area contributed by atoms with Crippen LogP contribution in [0.2, 0.25) is 18.1 Å². The van der Waals surface area contributed by atoms with Gasteiger partial charge in [-0.05, 0) is 97.9 Å². The highest BCUT2D eigenvalue weighted by atomic mass is 28.4. The Bertz CT molecular complexity index is 936. The molecule has 0 radical (unpaired) electrons. The first-order chi connectivity index (χ1) is 15.9. The first-order valence-electron chi connectivity index (χ1n) is 13.9. The third-order valence-corrected chi connectivity index (χ3v) is 16.8. The van der Waals surface area contributed by atoms with Crippen molar-refractivity contribution in [2.75, 3.05) is 0 Å². The summed E-state index contributed by atoms with van der Waals surface area (Å²) in [6.07, 6.45) is 12.3. The van der Waals surface area contributed by atoms with Gasteiger partial charge in [0.15, 0.2) is 8.32 Å². The molecule has 2 heterocycles. The van der Waals surface area contributed by atoms with Gasteiger partial charge in [-0.3, -0.25) is 0 Å². The van der Waals surface area contributed by atoms with Gasteiger partial charge in [-0.25, -0.2) is 0 Å². The van der Waals surface area contributed by atoms with Crippen molar-refractivity contribution in [3.63, 3.8) is 0 Å². The number of hydrogen-bond acceptors (Lipinski definition) is 4. The summed E-state index contributed by atoms with van der Waals surface area (Å²) in [5.41, 5.74) is 1.39. The molecule has 34 heavy (non-hydrogen) atoms. The van der Waals surface area contributed by atoms with Crippen molar-refractivity contribution in [3.05, 3.63) is 24.2 Å². The van der Waals surface area contributed by atoms with Crippen molar-refractivity contribution in [1.82, 2.24) is 0 Å². The van der Waals surface area contributed by atoms with Crippen LogP contribution >= 0.6 is 0 Å². The summed E-state index contributed by atoms with van der Waals surface area (Å²) < 4.78 is 19.0. The normalized spacial score (nSPS) is 50.2. The van der Waals surface area contributed by atoms with E-state index in [0.717, 1.165) is 17.9 Å². The molecule has 1 aromatic heterocycles. The Labute approximate surface area is 207 Å². The van der Waals surface area contributed by atoms with Crippen molar-refractivity contribution < 1.29 is 18.7 Å². The average molecular weight is 487 g/mol. The van der Waals surface area contributed by atoms with Crippen LogP contribution in [0.1, 0.15) is 91.0 Å². The van der Waals surface area contributed by atoms with E-state index in [0.29, 0.717) is 23.4 Å². The van der Waals surface area contributed by atoms with Crippen LogP contribution in [0, 0.1) is 28.6 Å². The number of aliphatic hydroxyl groups excluding tert-OH is 1. The van der Waals surface area contributed by atoms with Crippen LogP contribution in [-0.4, -0.2) is 37.3 Å². The maximum atomic E-state index is 11.4. The first-order valence-corrected chi connectivity index (χ1v) is 16.8. The second kappa shape index (κ2) is 7.23. The van der Waals surface area contributed by atoms with Crippen molar-refractivity contribution >= 4 is 8.32 Å². The molecule has 0 amide bonds. The Morgan fingerprint density at radius 3 is 2.50 bits per heavy atom. The highest BCUT2D eigenvalue weighted by Gasteiger charge is 2.83. The van der Waals surface area contributed by atoms with Gasteiger partial charge in [0, 0.05) is 17.4 Å². The molecule has 4 saturated carbocycles. The van der Waals surface area contributed by atoms with E-state index < -0.39 is 14.4 Å². The minimum atomic E-state index is -1.74. The zero-order chi connectivity index (χ0) is 24.3. The van der Waals surface area contributed by atoms with Crippen LogP contribution in [0.25, 0.3) is 0 Å². The molecule has 0 aromatic carbocycles. The Morgan fingerprint density at radius 1 is 1.06 bits per heavy atom. The van der Waals surface area contributed by atoms with Crippen LogP contribution < -0.4 is 0 Å². The Morgan fingerprint density at radius 2 is 1.82 bits per heavy atom. The summed E-state index contributed by atoms with van der Waals surface area (Å²) in [5.74, 6) is 2.16. The van der Waals surface area contributed by atoms with Gasteiger partial charge in [-0.15, -0.1) is 0 Å². The monoisotopic (exact) mass is 486 g/mol. The minimum Gasteiger partial charge on any atom is -0.472 e. The quantitative estimate of drug-likeness (QED) is 0.373. The second-order valence-corrected chi connectivity index (χ2v) is 19.3. The number of fused-ring (bicyclic) bond motifs is 3. The fourth-order valence-corrected chi connectivity index (χ4v) is 10.8. The zero-order valence-corrected chi connectivity index (χ0v) is 23.4. The van der Waals surface area contributed by atoms with Crippen molar-refractivity contribution in [2.24, 2.45) is 28.6 Å². The number of epoxide rings is 1. The molecule has 1 saturated heterocycles. The fraction of sp³-hybridized carbons (Fsp3) is 0.862. The smallest absolute Gasteiger partial charge is 0.192 e. The Hall–Kier alpha value is -0.623. The van der Waals surface area contributed by atoms with Crippen LogP contribution in [0.5, 0.6) is 0 Å². The van der Waals surface area contributed by atoms with E-state index in [1.807, 2.05) is 6.26 Å². The molecule has 0 bridgehead atoms. The molecule has 5 aliphatic rings. The molecule has 5 fully saturated rings. The lowest BCUT2D eigenvalue weighted by Gasteiger charge is -2.61. The standard InChI is InChI=1S/C29H46O4Si/c1-26(2,3)34(6,7)33-20-10-13-27(4)19(16-20)8-9-22-21(27)11-14-28(5)23(18-12-15-31-17-18)24(30)25-29(22,28)32-25/h12,15,17,19-25,30H,8-11,13-14,16H2,1-7H3/t19-,20+,21+,22-,23+,24-,25-,27+,28-,29-/m1/s1. The highest BCUT2D eigenvalue weighted by Crippen LogP contribution is 2.78. The largest absolute Gasteiger partial charge is 0.472 e. The van der Waals surface area contributed by atoms with E-state index in [1.165, 1.54) is 38.5 Å². The summed E-state index contributed by atoms with van der Waals surface area (Å²) >= 11 is 0. The van der Waals surface area contributed by atoms with Gasteiger partial charge in [0.2, 0.25) is 0 Å². The Balaban J connectivity index is 1.24. The van der Waals surface area contributed by atoms with E-state index in [4.69, 9.17) is 13.6 Å². The second-order valence-electron chi connectivity index (χ2n) is 14.6. The number of hydrogen-bond donors (Lipinski definition) is 1. The fourth-order valence-electron chi connectivity index (χ4n) is 9.40. The molecule has 1 N–H and O–H groups in total. The number of furan rings is 1. The lowest BCUT2D eigenvalue weighted by atomic mass is 9.44. The van der Waals surface area contributed by atoms with E-state index in [2.05, 4.69) is 53.8 Å². The van der Waals surface area contributed by atoms with E-state index in [-0.39, 0.29) is 28.1 Å². The van der Waals surface area contributed by atoms with E-state index in [9.17, 15) is 5.11 Å². The number of rotatable bonds is 3. The predicted molar refractivity (Wildman–Crippen MR) is 136 cm³/mol. The van der Waals surface area contributed by atoms with Crippen LogP contribution in [0.4, 0.5) is 0 Å². The maximum Gasteiger partial charge on any atom is 0.192 e. The van der Waals surface area contributed by atoms with Gasteiger partial charge in [0.25, 0.3) is 0 Å². The Kier molecular flexibility index (Phi) is 5.05. The molecule has 4 aliphatic carbocycles. The average Bonchev–Trinajstić information content (AvgIpc) is 3.20. The highest BCUT2D eigenvalue weighted by molar-refractivity contribution is 6.74. The lowest BCUT2D eigenvalue weighted by Crippen LogP contribution is -2.58. The summed E-state index contributed by atoms with van der Waals surface area (Å²) in [7, 11) is -1.74. The van der Waals surface area contributed by atoms with Gasteiger partial charge in [0.05, 0.1) is 18.6 Å². The number of aliphatic hydroxyl groups is 1. The summed E-state index contributed by atoms with van der Waals surface area (Å²) in [6.45, 7) is 16.9. The minimum absolute atomic E-state index is 0.00334. The van der Waals surface area contributed by atoms with Crippen molar-refractivity contribution in [3.8, 4) is 0 Å². The molecule has 1 aromatic rings. The summed E-state index contributed by atoms with van der Waals surface area (Å²) in [4.78, 5) is 0. The molecular formula is C29H46O4Si. The zero-order valence-electron chi connectivity index (χ0n) is 22.4. The number of ether oxygens (including phenoxy) is 1. The molecule has 5 heteroatoms. The van der Waals surface area contributed by atoms with Crippen molar-refractivity contribution in [1.29, 1.82) is 0 Å². The van der Waals surface area contributed by atoms with Crippen LogP contribution in [-0.2, 0) is 9.16 Å². The molecular weight excluding hydrogens is 440 g/mol. The van der Waals surface area contributed by atoms with Gasteiger partial charge in [-0.1, -0.05) is 34.6 Å². The van der Waals surface area contributed by atoms with Gasteiger partial charge < -0.3 is 18.7 Å². The lowest BCUT2D eigenvalue weighted by molar-refractivity contribution is -0.142. The van der Waals surface area contributed by atoms with E-state index >= 15 is 0 Å². The van der Waals surface area contributed by atoms with E-state index in [1.54, 1.807) is 6.26 Å².